The second-order valence-corrected chi connectivity index (χ2v) is 5.15. The zero-order valence-electron chi connectivity index (χ0n) is 14.4. The van der Waals surface area contributed by atoms with Crippen molar-refractivity contribution >= 4 is 17.7 Å². The minimum atomic E-state index is -0.572. The van der Waals surface area contributed by atoms with Crippen LogP contribution in [0.25, 0.3) is 0 Å². The first-order valence-electron chi connectivity index (χ1n) is 7.69. The van der Waals surface area contributed by atoms with Gasteiger partial charge in [0.25, 0.3) is 17.7 Å². The molecule has 0 aliphatic carbocycles. The maximum atomic E-state index is 12.1. The fourth-order valence-corrected chi connectivity index (χ4v) is 2.03. The van der Waals surface area contributed by atoms with Crippen molar-refractivity contribution in [2.45, 2.75) is 0 Å². The molecule has 2 aromatic rings. The van der Waals surface area contributed by atoms with Crippen LogP contribution in [0.2, 0.25) is 0 Å². The number of hydrazine groups is 1. The highest BCUT2D eigenvalue weighted by atomic mass is 16.5. The summed E-state index contributed by atoms with van der Waals surface area (Å²) < 4.78 is 10.2. The van der Waals surface area contributed by atoms with Crippen molar-refractivity contribution in [1.29, 1.82) is 0 Å². The van der Waals surface area contributed by atoms with Gasteiger partial charge < -0.3 is 14.8 Å². The Morgan fingerprint density at radius 1 is 0.808 bits per heavy atom. The molecule has 0 saturated heterocycles. The van der Waals surface area contributed by atoms with Crippen LogP contribution in [0, 0.1) is 0 Å². The van der Waals surface area contributed by atoms with Gasteiger partial charge in [0, 0.05) is 17.2 Å². The summed E-state index contributed by atoms with van der Waals surface area (Å²) in [4.78, 5) is 35.7. The Bertz CT molecular complexity index is 770. The first-order chi connectivity index (χ1) is 12.5. The lowest BCUT2D eigenvalue weighted by molar-refractivity contribution is -0.120. The number of nitrogens with one attached hydrogen (secondary N) is 3. The molecule has 0 atom stereocenters. The fraction of sp³-hybridized carbons (Fsp3) is 0.167. The number of ether oxygens (including phenoxy) is 2. The highest BCUT2D eigenvalue weighted by Crippen LogP contribution is 2.22. The van der Waals surface area contributed by atoms with Gasteiger partial charge in [-0.1, -0.05) is 18.2 Å². The summed E-state index contributed by atoms with van der Waals surface area (Å²) >= 11 is 0. The van der Waals surface area contributed by atoms with Gasteiger partial charge >= 0.3 is 0 Å². The lowest BCUT2D eigenvalue weighted by Crippen LogP contribution is -2.46. The van der Waals surface area contributed by atoms with Crippen molar-refractivity contribution in [3.8, 4) is 11.5 Å². The number of hydrogen-bond acceptors (Lipinski definition) is 5. The average Bonchev–Trinajstić information content (AvgIpc) is 2.70. The second kappa shape index (κ2) is 9.07. The Morgan fingerprint density at radius 3 is 2.00 bits per heavy atom. The predicted octanol–water partition coefficient (Wildman–Crippen LogP) is 0.895. The zero-order valence-corrected chi connectivity index (χ0v) is 14.4. The molecular weight excluding hydrogens is 338 g/mol. The van der Waals surface area contributed by atoms with Gasteiger partial charge in [-0.2, -0.15) is 0 Å². The third kappa shape index (κ3) is 5.23. The van der Waals surface area contributed by atoms with E-state index in [1.54, 1.807) is 36.4 Å². The van der Waals surface area contributed by atoms with E-state index in [0.29, 0.717) is 17.1 Å². The van der Waals surface area contributed by atoms with Crippen LogP contribution in [-0.4, -0.2) is 38.5 Å². The molecule has 0 aliphatic heterocycles. The SMILES string of the molecule is COc1cc(OC)cc(C(=O)NNC(=O)CNC(=O)c2ccccc2)c1. The highest BCUT2D eigenvalue weighted by molar-refractivity contribution is 5.98. The lowest BCUT2D eigenvalue weighted by Gasteiger charge is -2.10. The Labute approximate surface area is 150 Å². The first-order valence-corrected chi connectivity index (χ1v) is 7.69. The van der Waals surface area contributed by atoms with E-state index in [2.05, 4.69) is 16.2 Å². The zero-order chi connectivity index (χ0) is 18.9. The van der Waals surface area contributed by atoms with Gasteiger partial charge in [-0.15, -0.1) is 0 Å². The highest BCUT2D eigenvalue weighted by Gasteiger charge is 2.12. The van der Waals surface area contributed by atoms with E-state index < -0.39 is 11.8 Å². The number of amides is 3. The fourth-order valence-electron chi connectivity index (χ4n) is 2.03. The van der Waals surface area contributed by atoms with Crippen LogP contribution in [0.5, 0.6) is 11.5 Å². The maximum absolute atomic E-state index is 12.1. The number of carbonyl (C=O) groups is 3. The number of hydrogen-bond donors (Lipinski definition) is 3. The number of benzene rings is 2. The summed E-state index contributed by atoms with van der Waals surface area (Å²) in [6, 6.07) is 13.1. The van der Waals surface area contributed by atoms with E-state index in [1.165, 1.54) is 26.4 Å². The Kier molecular flexibility index (Phi) is 6.55. The number of carbonyl (C=O) groups excluding carboxylic acids is 3. The van der Waals surface area contributed by atoms with E-state index >= 15 is 0 Å². The van der Waals surface area contributed by atoms with Gasteiger partial charge in [-0.25, -0.2) is 0 Å². The van der Waals surface area contributed by atoms with E-state index in [4.69, 9.17) is 9.47 Å². The number of rotatable bonds is 6. The smallest absolute Gasteiger partial charge is 0.269 e. The maximum Gasteiger partial charge on any atom is 0.269 e. The van der Waals surface area contributed by atoms with Crippen molar-refractivity contribution in [2.24, 2.45) is 0 Å². The van der Waals surface area contributed by atoms with Crippen LogP contribution in [0.1, 0.15) is 20.7 Å². The normalized spacial score (nSPS) is 9.77. The summed E-state index contributed by atoms with van der Waals surface area (Å²) in [5, 5.41) is 2.46. The third-order valence-electron chi connectivity index (χ3n) is 3.37. The molecular formula is C18H19N3O5. The van der Waals surface area contributed by atoms with Gasteiger partial charge in [0.15, 0.2) is 0 Å². The molecule has 0 fully saturated rings. The van der Waals surface area contributed by atoms with Gasteiger partial charge in [0.1, 0.15) is 11.5 Å². The second-order valence-electron chi connectivity index (χ2n) is 5.15. The van der Waals surface area contributed by atoms with Gasteiger partial charge in [-0.05, 0) is 24.3 Å². The van der Waals surface area contributed by atoms with Crippen molar-refractivity contribution in [3.05, 3.63) is 59.7 Å². The van der Waals surface area contributed by atoms with Crippen molar-refractivity contribution in [1.82, 2.24) is 16.2 Å². The monoisotopic (exact) mass is 357 g/mol. The molecule has 0 radical (unpaired) electrons. The molecule has 136 valence electrons. The Balaban J connectivity index is 1.85. The largest absolute Gasteiger partial charge is 0.497 e. The van der Waals surface area contributed by atoms with Gasteiger partial charge in [-0.3, -0.25) is 25.2 Å². The Morgan fingerprint density at radius 2 is 1.42 bits per heavy atom. The number of methoxy groups -OCH3 is 2. The van der Waals surface area contributed by atoms with Crippen molar-refractivity contribution in [2.75, 3.05) is 20.8 Å². The molecule has 0 aliphatic rings. The topological polar surface area (TPSA) is 106 Å². The summed E-state index contributed by atoms with van der Waals surface area (Å²) in [5.41, 5.74) is 5.17. The van der Waals surface area contributed by atoms with Crippen LogP contribution < -0.4 is 25.6 Å². The summed E-state index contributed by atoms with van der Waals surface area (Å²) in [6.07, 6.45) is 0. The molecule has 0 saturated carbocycles. The molecule has 2 rings (SSSR count). The first kappa shape index (κ1) is 18.8. The van der Waals surface area contributed by atoms with E-state index in [-0.39, 0.29) is 18.0 Å². The third-order valence-corrected chi connectivity index (χ3v) is 3.37. The predicted molar refractivity (Wildman–Crippen MR) is 93.9 cm³/mol. The molecule has 8 heteroatoms. The molecule has 0 spiro atoms. The van der Waals surface area contributed by atoms with Gasteiger partial charge in [0.05, 0.1) is 20.8 Å². The van der Waals surface area contributed by atoms with E-state index in [1.807, 2.05) is 0 Å². The van der Waals surface area contributed by atoms with Crippen molar-refractivity contribution in [3.63, 3.8) is 0 Å². The van der Waals surface area contributed by atoms with Crippen LogP contribution >= 0.6 is 0 Å². The summed E-state index contributed by atoms with van der Waals surface area (Å²) in [7, 11) is 2.93. The molecule has 0 unspecified atom stereocenters. The molecule has 2 aromatic carbocycles. The van der Waals surface area contributed by atoms with E-state index in [9.17, 15) is 14.4 Å². The minimum absolute atomic E-state index is 0.245. The standard InChI is InChI=1S/C18H19N3O5/c1-25-14-8-13(9-15(10-14)26-2)18(24)21-20-16(22)11-19-17(23)12-6-4-3-5-7-12/h3-10H,11H2,1-2H3,(H,19,23)(H,20,22)(H,21,24). The molecule has 0 heterocycles. The minimum Gasteiger partial charge on any atom is -0.497 e. The van der Waals surface area contributed by atoms with Crippen LogP contribution in [-0.2, 0) is 4.79 Å². The quantitative estimate of drug-likeness (QED) is 0.666. The summed E-state index contributed by atoms with van der Waals surface area (Å²) in [6.45, 7) is -0.282. The van der Waals surface area contributed by atoms with Crippen LogP contribution in [0.4, 0.5) is 0 Å². The molecule has 8 nitrogen and oxygen atoms in total. The molecule has 3 amide bonds. The Hall–Kier alpha value is -3.55. The molecule has 0 bridgehead atoms. The van der Waals surface area contributed by atoms with Gasteiger partial charge in [0.2, 0.25) is 0 Å². The summed E-state index contributed by atoms with van der Waals surface area (Å²) in [5.74, 6) is -0.626. The molecule has 26 heavy (non-hydrogen) atoms. The van der Waals surface area contributed by atoms with E-state index in [0.717, 1.165) is 0 Å². The molecule has 0 aromatic heterocycles. The van der Waals surface area contributed by atoms with Crippen LogP contribution in [0.15, 0.2) is 48.5 Å². The van der Waals surface area contributed by atoms with Crippen molar-refractivity contribution < 1.29 is 23.9 Å². The molecule has 3 N–H and O–H groups in total. The average molecular weight is 357 g/mol. The van der Waals surface area contributed by atoms with Crippen LogP contribution in [0.3, 0.4) is 0 Å². The lowest BCUT2D eigenvalue weighted by atomic mass is 10.2.